The van der Waals surface area contributed by atoms with Gasteiger partial charge in [-0.05, 0) is 39.4 Å². The summed E-state index contributed by atoms with van der Waals surface area (Å²) >= 11 is 0. The van der Waals surface area contributed by atoms with Crippen molar-refractivity contribution in [3.63, 3.8) is 0 Å². The molecular weight excluding hydrogens is 239 g/mol. The van der Waals surface area contributed by atoms with E-state index in [1.54, 1.807) is 12.1 Å². The van der Waals surface area contributed by atoms with Crippen molar-refractivity contribution < 1.29 is 4.39 Å². The minimum Gasteiger partial charge on any atom is -0.309 e. The van der Waals surface area contributed by atoms with E-state index in [0.29, 0.717) is 6.04 Å². The summed E-state index contributed by atoms with van der Waals surface area (Å²) in [5, 5.41) is 3.46. The Balaban J connectivity index is 2.85. The number of halogens is 1. The van der Waals surface area contributed by atoms with E-state index in [2.05, 4.69) is 37.9 Å². The van der Waals surface area contributed by atoms with Gasteiger partial charge < -0.3 is 5.32 Å². The Bertz CT molecular complexity index is 366. The van der Waals surface area contributed by atoms with Gasteiger partial charge in [0, 0.05) is 24.2 Å². The molecule has 0 spiro atoms. The lowest BCUT2D eigenvalue weighted by Gasteiger charge is -2.30. The molecule has 0 heterocycles. The van der Waals surface area contributed by atoms with Crippen LogP contribution < -0.4 is 5.32 Å². The van der Waals surface area contributed by atoms with Crippen LogP contribution in [0.1, 0.15) is 45.7 Å². The van der Waals surface area contributed by atoms with Gasteiger partial charge >= 0.3 is 0 Å². The van der Waals surface area contributed by atoms with Crippen LogP contribution in [0.5, 0.6) is 0 Å². The van der Waals surface area contributed by atoms with Gasteiger partial charge in [-0.25, -0.2) is 4.39 Å². The molecule has 1 N–H and O–H groups in total. The lowest BCUT2D eigenvalue weighted by Crippen LogP contribution is -2.39. The molecule has 108 valence electrons. The molecule has 0 saturated carbocycles. The number of hydrogen-bond acceptors (Lipinski definition) is 2. The van der Waals surface area contributed by atoms with Gasteiger partial charge in [0.2, 0.25) is 0 Å². The SMILES string of the molecule is CCCNC(CN(CC)C(C)C)c1ccccc1F. The van der Waals surface area contributed by atoms with E-state index >= 15 is 0 Å². The Labute approximate surface area is 117 Å². The first-order valence-corrected chi connectivity index (χ1v) is 7.32. The quantitative estimate of drug-likeness (QED) is 0.773. The van der Waals surface area contributed by atoms with Gasteiger partial charge in [0.15, 0.2) is 0 Å². The van der Waals surface area contributed by atoms with Crippen molar-refractivity contribution in [3.8, 4) is 0 Å². The smallest absolute Gasteiger partial charge is 0.128 e. The molecule has 19 heavy (non-hydrogen) atoms. The molecule has 2 nitrogen and oxygen atoms in total. The normalized spacial score (nSPS) is 13.2. The van der Waals surface area contributed by atoms with Gasteiger partial charge in [0.25, 0.3) is 0 Å². The Morgan fingerprint density at radius 1 is 1.21 bits per heavy atom. The first-order valence-electron chi connectivity index (χ1n) is 7.32. The zero-order valence-electron chi connectivity index (χ0n) is 12.6. The fraction of sp³-hybridized carbons (Fsp3) is 0.625. The van der Waals surface area contributed by atoms with E-state index in [0.717, 1.165) is 31.6 Å². The van der Waals surface area contributed by atoms with E-state index in [4.69, 9.17) is 0 Å². The van der Waals surface area contributed by atoms with E-state index < -0.39 is 0 Å². The second kappa shape index (κ2) is 8.28. The fourth-order valence-corrected chi connectivity index (χ4v) is 2.29. The predicted octanol–water partition coefficient (Wildman–Crippen LogP) is 3.60. The molecule has 0 aliphatic heterocycles. The van der Waals surface area contributed by atoms with E-state index in [1.165, 1.54) is 0 Å². The molecule has 0 aliphatic rings. The monoisotopic (exact) mass is 266 g/mol. The van der Waals surface area contributed by atoms with Gasteiger partial charge in [0.05, 0.1) is 0 Å². The maximum atomic E-state index is 14.0. The molecule has 1 unspecified atom stereocenters. The van der Waals surface area contributed by atoms with Crippen LogP contribution >= 0.6 is 0 Å². The first kappa shape index (κ1) is 16.1. The van der Waals surface area contributed by atoms with Crippen LogP contribution in [0.15, 0.2) is 24.3 Å². The molecule has 0 amide bonds. The zero-order chi connectivity index (χ0) is 14.3. The van der Waals surface area contributed by atoms with Crippen LogP contribution in [-0.4, -0.2) is 30.6 Å². The molecule has 1 atom stereocenters. The summed E-state index contributed by atoms with van der Waals surface area (Å²) in [5.74, 6) is -0.115. The van der Waals surface area contributed by atoms with Crippen molar-refractivity contribution in [2.24, 2.45) is 0 Å². The standard InChI is InChI=1S/C16H27FN2/c1-5-11-18-16(12-19(6-2)13(3)4)14-9-7-8-10-15(14)17/h7-10,13,16,18H,5-6,11-12H2,1-4H3. The third kappa shape index (κ3) is 4.92. The lowest BCUT2D eigenvalue weighted by molar-refractivity contribution is 0.206. The van der Waals surface area contributed by atoms with Crippen molar-refractivity contribution in [1.82, 2.24) is 10.2 Å². The van der Waals surface area contributed by atoms with Gasteiger partial charge in [-0.2, -0.15) is 0 Å². The Hall–Kier alpha value is -0.930. The topological polar surface area (TPSA) is 15.3 Å². The highest BCUT2D eigenvalue weighted by Crippen LogP contribution is 2.19. The van der Waals surface area contributed by atoms with Crippen LogP contribution in [0.2, 0.25) is 0 Å². The van der Waals surface area contributed by atoms with Crippen LogP contribution in [0.3, 0.4) is 0 Å². The van der Waals surface area contributed by atoms with Crippen molar-refractivity contribution >= 4 is 0 Å². The Morgan fingerprint density at radius 3 is 2.42 bits per heavy atom. The molecule has 1 rings (SSSR count). The van der Waals surface area contributed by atoms with Crippen molar-refractivity contribution in [2.45, 2.75) is 46.2 Å². The van der Waals surface area contributed by atoms with E-state index in [1.807, 2.05) is 12.1 Å². The molecule has 3 heteroatoms. The van der Waals surface area contributed by atoms with Crippen LogP contribution in [-0.2, 0) is 0 Å². The summed E-state index contributed by atoms with van der Waals surface area (Å²) in [6.45, 7) is 11.4. The maximum Gasteiger partial charge on any atom is 0.128 e. The number of nitrogens with one attached hydrogen (secondary N) is 1. The number of benzene rings is 1. The van der Waals surface area contributed by atoms with E-state index in [-0.39, 0.29) is 11.9 Å². The van der Waals surface area contributed by atoms with Crippen molar-refractivity contribution in [1.29, 1.82) is 0 Å². The Morgan fingerprint density at radius 2 is 1.89 bits per heavy atom. The van der Waals surface area contributed by atoms with Gasteiger partial charge in [-0.3, -0.25) is 4.90 Å². The Kier molecular flexibility index (Phi) is 7.03. The molecule has 0 saturated heterocycles. The minimum absolute atomic E-state index is 0.0588. The molecule has 1 aromatic rings. The third-order valence-electron chi connectivity index (χ3n) is 3.47. The predicted molar refractivity (Wildman–Crippen MR) is 79.8 cm³/mol. The molecule has 0 aromatic heterocycles. The molecule has 0 bridgehead atoms. The first-order chi connectivity index (χ1) is 9.10. The maximum absolute atomic E-state index is 14.0. The number of rotatable bonds is 8. The number of nitrogens with zero attached hydrogens (tertiary/aromatic N) is 1. The van der Waals surface area contributed by atoms with Crippen molar-refractivity contribution in [3.05, 3.63) is 35.6 Å². The average Bonchev–Trinajstić information content (AvgIpc) is 2.40. The molecule has 1 aromatic carbocycles. The summed E-state index contributed by atoms with van der Waals surface area (Å²) in [6, 6.07) is 7.62. The summed E-state index contributed by atoms with van der Waals surface area (Å²) in [6.07, 6.45) is 1.05. The highest BCUT2D eigenvalue weighted by atomic mass is 19.1. The second-order valence-electron chi connectivity index (χ2n) is 5.21. The molecule has 0 aliphatic carbocycles. The second-order valence-corrected chi connectivity index (χ2v) is 5.21. The zero-order valence-corrected chi connectivity index (χ0v) is 12.6. The number of likely N-dealkylation sites (N-methyl/N-ethyl adjacent to an activating group) is 1. The van der Waals surface area contributed by atoms with Crippen LogP contribution in [0.25, 0.3) is 0 Å². The molecule has 0 fully saturated rings. The highest BCUT2D eigenvalue weighted by molar-refractivity contribution is 5.21. The third-order valence-corrected chi connectivity index (χ3v) is 3.47. The van der Waals surface area contributed by atoms with Gasteiger partial charge in [0.1, 0.15) is 5.82 Å². The van der Waals surface area contributed by atoms with Crippen LogP contribution in [0, 0.1) is 5.82 Å². The molecule has 0 radical (unpaired) electrons. The summed E-state index contributed by atoms with van der Waals surface area (Å²) < 4.78 is 14.0. The van der Waals surface area contributed by atoms with Gasteiger partial charge in [-0.15, -0.1) is 0 Å². The average molecular weight is 266 g/mol. The molecular formula is C16H27FN2. The fourth-order valence-electron chi connectivity index (χ4n) is 2.29. The summed E-state index contributed by atoms with van der Waals surface area (Å²) in [4.78, 5) is 2.36. The minimum atomic E-state index is -0.115. The summed E-state index contributed by atoms with van der Waals surface area (Å²) in [5.41, 5.74) is 0.773. The van der Waals surface area contributed by atoms with Gasteiger partial charge in [-0.1, -0.05) is 32.0 Å². The summed E-state index contributed by atoms with van der Waals surface area (Å²) in [7, 11) is 0. The lowest BCUT2D eigenvalue weighted by atomic mass is 10.0. The number of hydrogen-bond donors (Lipinski definition) is 1. The van der Waals surface area contributed by atoms with E-state index in [9.17, 15) is 4.39 Å². The van der Waals surface area contributed by atoms with Crippen LogP contribution in [0.4, 0.5) is 4.39 Å². The highest BCUT2D eigenvalue weighted by Gasteiger charge is 2.19. The van der Waals surface area contributed by atoms with Crippen molar-refractivity contribution in [2.75, 3.05) is 19.6 Å². The largest absolute Gasteiger partial charge is 0.309 e.